The van der Waals surface area contributed by atoms with E-state index in [4.69, 9.17) is 14.0 Å². The van der Waals surface area contributed by atoms with Gasteiger partial charge in [0.25, 0.3) is 5.91 Å². The van der Waals surface area contributed by atoms with Gasteiger partial charge in [-0.15, -0.1) is 0 Å². The highest BCUT2D eigenvalue weighted by molar-refractivity contribution is 5.96. The Morgan fingerprint density at radius 2 is 2.08 bits per heavy atom. The third-order valence-corrected chi connectivity index (χ3v) is 3.42. The van der Waals surface area contributed by atoms with Crippen molar-refractivity contribution in [1.29, 1.82) is 0 Å². The number of hydrogen-bond acceptors (Lipinski definition) is 6. The normalized spacial score (nSPS) is 12.0. The van der Waals surface area contributed by atoms with E-state index >= 15 is 0 Å². The zero-order chi connectivity index (χ0) is 18.9. The lowest BCUT2D eigenvalue weighted by atomic mass is 10.2. The fourth-order valence-corrected chi connectivity index (χ4v) is 2.20. The summed E-state index contributed by atoms with van der Waals surface area (Å²) in [5, 5.41) is 6.23. The molecular weight excluding hydrogens is 336 g/mol. The summed E-state index contributed by atoms with van der Waals surface area (Å²) < 4.78 is 15.6. The highest BCUT2D eigenvalue weighted by Crippen LogP contribution is 2.19. The lowest BCUT2D eigenvalue weighted by molar-refractivity contribution is -0.149. The maximum atomic E-state index is 12.2. The summed E-state index contributed by atoms with van der Waals surface area (Å²) in [5.74, 6) is 0.446. The van der Waals surface area contributed by atoms with Crippen LogP contribution < -0.4 is 10.1 Å². The molecule has 7 nitrogen and oxygen atoms in total. The van der Waals surface area contributed by atoms with Crippen LogP contribution in [0.1, 0.15) is 31.6 Å². The van der Waals surface area contributed by atoms with Crippen LogP contribution in [0.2, 0.25) is 0 Å². The summed E-state index contributed by atoms with van der Waals surface area (Å²) in [4.78, 5) is 24.2. The van der Waals surface area contributed by atoms with E-state index in [0.717, 1.165) is 5.56 Å². The van der Waals surface area contributed by atoms with Crippen molar-refractivity contribution in [2.24, 2.45) is 0 Å². The number of nitrogens with one attached hydrogen (secondary N) is 1. The molecule has 0 radical (unpaired) electrons. The minimum Gasteiger partial charge on any atom is -0.493 e. The lowest BCUT2D eigenvalue weighted by Gasteiger charge is -2.13. The molecule has 138 valence electrons. The Balaban J connectivity index is 1.97. The molecule has 0 saturated heterocycles. The lowest BCUT2D eigenvalue weighted by Crippen LogP contribution is -2.31. The molecule has 2 rings (SSSR count). The number of amides is 1. The Kier molecular flexibility index (Phi) is 6.96. The zero-order valence-electron chi connectivity index (χ0n) is 15.0. The molecule has 1 aromatic carbocycles. The molecule has 0 bridgehead atoms. The van der Waals surface area contributed by atoms with Gasteiger partial charge in [0.05, 0.1) is 6.61 Å². The number of aryl methyl sites for hydroxylation is 1. The Morgan fingerprint density at radius 3 is 2.73 bits per heavy atom. The van der Waals surface area contributed by atoms with Crippen LogP contribution in [0.25, 0.3) is 6.08 Å². The van der Waals surface area contributed by atoms with E-state index in [1.54, 1.807) is 26.0 Å². The average Bonchev–Trinajstić information content (AvgIpc) is 3.03. The summed E-state index contributed by atoms with van der Waals surface area (Å²) in [6.45, 7) is 5.87. The average molecular weight is 358 g/mol. The molecule has 0 aliphatic rings. The van der Waals surface area contributed by atoms with E-state index in [0.29, 0.717) is 24.5 Å². The van der Waals surface area contributed by atoms with Gasteiger partial charge in [-0.1, -0.05) is 30.3 Å². The molecule has 0 spiro atoms. The van der Waals surface area contributed by atoms with Crippen LogP contribution in [0.4, 0.5) is 5.82 Å². The third kappa shape index (κ3) is 5.47. The first kappa shape index (κ1) is 19.2. The van der Waals surface area contributed by atoms with Crippen molar-refractivity contribution in [3.05, 3.63) is 47.7 Å². The highest BCUT2D eigenvalue weighted by atomic mass is 16.5. The number of nitrogens with zero attached hydrogens (tertiary/aromatic N) is 1. The maximum Gasteiger partial charge on any atom is 0.331 e. The molecule has 1 unspecified atom stereocenters. The second kappa shape index (κ2) is 9.41. The predicted molar refractivity (Wildman–Crippen MR) is 96.7 cm³/mol. The van der Waals surface area contributed by atoms with Crippen LogP contribution in [0.5, 0.6) is 5.75 Å². The molecule has 1 N–H and O–H groups in total. The van der Waals surface area contributed by atoms with E-state index in [1.807, 2.05) is 31.2 Å². The first-order valence-electron chi connectivity index (χ1n) is 8.38. The quantitative estimate of drug-likeness (QED) is 0.575. The minimum atomic E-state index is -0.925. The Morgan fingerprint density at radius 1 is 1.31 bits per heavy atom. The summed E-state index contributed by atoms with van der Waals surface area (Å²) in [6, 6.07) is 8.92. The molecule has 1 heterocycles. The van der Waals surface area contributed by atoms with Crippen LogP contribution in [-0.2, 0) is 14.3 Å². The van der Waals surface area contributed by atoms with Crippen LogP contribution in [0.15, 0.2) is 40.9 Å². The number of rotatable bonds is 8. The monoisotopic (exact) mass is 358 g/mol. The maximum absolute atomic E-state index is 12.2. The molecule has 2 aromatic rings. The fourth-order valence-electron chi connectivity index (χ4n) is 2.20. The van der Waals surface area contributed by atoms with Gasteiger partial charge in [-0.3, -0.25) is 4.79 Å². The van der Waals surface area contributed by atoms with Gasteiger partial charge in [0.1, 0.15) is 11.5 Å². The second-order valence-electron chi connectivity index (χ2n) is 5.45. The summed E-state index contributed by atoms with van der Waals surface area (Å²) in [5.41, 5.74) is 0.752. The van der Waals surface area contributed by atoms with Crippen molar-refractivity contribution < 1.29 is 23.6 Å². The minimum absolute atomic E-state index is 0.281. The van der Waals surface area contributed by atoms with Crippen molar-refractivity contribution in [1.82, 2.24) is 5.16 Å². The van der Waals surface area contributed by atoms with Crippen molar-refractivity contribution in [3.63, 3.8) is 0 Å². The van der Waals surface area contributed by atoms with Crippen LogP contribution in [-0.4, -0.2) is 29.7 Å². The van der Waals surface area contributed by atoms with Gasteiger partial charge in [0.15, 0.2) is 11.9 Å². The standard InChI is InChI=1S/C19H22N2O5/c1-4-15(19(23)20-17-12-13(3)26-21-17)25-18(22)11-10-14-8-6-7-9-16(14)24-5-2/h6-12,15H,4-5H2,1-3H3,(H,20,21,23)/b11-10+. The van der Waals surface area contributed by atoms with Gasteiger partial charge in [-0.05, 0) is 32.4 Å². The van der Waals surface area contributed by atoms with Gasteiger partial charge in [0.2, 0.25) is 0 Å². The summed E-state index contributed by atoms with van der Waals surface area (Å²) >= 11 is 0. The van der Waals surface area contributed by atoms with Crippen molar-refractivity contribution in [2.75, 3.05) is 11.9 Å². The van der Waals surface area contributed by atoms with Gasteiger partial charge < -0.3 is 19.3 Å². The molecule has 26 heavy (non-hydrogen) atoms. The Labute approximate surface area is 152 Å². The third-order valence-electron chi connectivity index (χ3n) is 3.42. The number of anilines is 1. The number of benzene rings is 1. The number of carbonyl (C=O) groups excluding carboxylic acids is 2. The molecule has 0 aliphatic carbocycles. The SMILES string of the molecule is CCOc1ccccc1/C=C/C(=O)OC(CC)C(=O)Nc1cc(C)on1. The molecule has 1 atom stereocenters. The number of para-hydroxylation sites is 1. The van der Waals surface area contributed by atoms with Crippen LogP contribution in [0.3, 0.4) is 0 Å². The van der Waals surface area contributed by atoms with E-state index < -0.39 is 18.0 Å². The van der Waals surface area contributed by atoms with Crippen LogP contribution >= 0.6 is 0 Å². The molecule has 1 amide bonds. The van der Waals surface area contributed by atoms with Gasteiger partial charge in [0, 0.05) is 17.7 Å². The van der Waals surface area contributed by atoms with Gasteiger partial charge in [-0.2, -0.15) is 0 Å². The molecule has 1 aromatic heterocycles. The highest BCUT2D eigenvalue weighted by Gasteiger charge is 2.21. The first-order chi connectivity index (χ1) is 12.5. The zero-order valence-corrected chi connectivity index (χ0v) is 15.0. The van der Waals surface area contributed by atoms with E-state index in [9.17, 15) is 9.59 Å². The van der Waals surface area contributed by atoms with Crippen molar-refractivity contribution >= 4 is 23.8 Å². The molecule has 0 saturated carbocycles. The molecule has 7 heteroatoms. The summed E-state index contributed by atoms with van der Waals surface area (Å²) in [6.07, 6.45) is 2.27. The van der Waals surface area contributed by atoms with Gasteiger partial charge >= 0.3 is 5.97 Å². The van der Waals surface area contributed by atoms with Crippen molar-refractivity contribution in [2.45, 2.75) is 33.3 Å². The fraction of sp³-hybridized carbons (Fsp3) is 0.316. The van der Waals surface area contributed by atoms with E-state index in [2.05, 4.69) is 10.5 Å². The number of aromatic nitrogens is 1. The largest absolute Gasteiger partial charge is 0.493 e. The molecule has 0 fully saturated rings. The molecule has 0 aliphatic heterocycles. The number of esters is 1. The van der Waals surface area contributed by atoms with Crippen LogP contribution in [0, 0.1) is 6.92 Å². The van der Waals surface area contributed by atoms with E-state index in [-0.39, 0.29) is 5.82 Å². The number of hydrogen-bond donors (Lipinski definition) is 1. The molecular formula is C19H22N2O5. The smallest absolute Gasteiger partial charge is 0.331 e. The number of carbonyl (C=O) groups is 2. The summed E-state index contributed by atoms with van der Waals surface area (Å²) in [7, 11) is 0. The van der Waals surface area contributed by atoms with Crippen molar-refractivity contribution in [3.8, 4) is 5.75 Å². The second-order valence-corrected chi connectivity index (χ2v) is 5.45. The first-order valence-corrected chi connectivity index (χ1v) is 8.38. The topological polar surface area (TPSA) is 90.7 Å². The predicted octanol–water partition coefficient (Wildman–Crippen LogP) is 3.36. The van der Waals surface area contributed by atoms with E-state index in [1.165, 1.54) is 6.08 Å². The Hall–Kier alpha value is -3.09. The van der Waals surface area contributed by atoms with Gasteiger partial charge in [-0.25, -0.2) is 4.79 Å². The Bertz CT molecular complexity index is 782. The number of ether oxygens (including phenoxy) is 2.